The first-order valence-electron chi connectivity index (χ1n) is 14.3. The van der Waals surface area contributed by atoms with E-state index in [-0.39, 0.29) is 24.1 Å². The number of benzene rings is 2. The zero-order valence-electron chi connectivity index (χ0n) is 23.2. The molecule has 1 aliphatic heterocycles. The topological polar surface area (TPSA) is 94.6 Å². The van der Waals surface area contributed by atoms with Gasteiger partial charge in [-0.2, -0.15) is 13.2 Å². The number of amides is 2. The van der Waals surface area contributed by atoms with Crippen LogP contribution in [0.3, 0.4) is 0 Å². The van der Waals surface area contributed by atoms with Crippen molar-refractivity contribution in [1.29, 1.82) is 0 Å². The Labute approximate surface area is 243 Å². The molecule has 2 heterocycles. The van der Waals surface area contributed by atoms with Crippen molar-refractivity contribution in [1.82, 2.24) is 20.5 Å². The number of carbonyl (C=O) groups excluding carboxylic acids is 2. The molecule has 0 radical (unpaired) electrons. The largest absolute Gasteiger partial charge is 0.416 e. The zero-order valence-corrected chi connectivity index (χ0v) is 23.2. The number of hydrogen-bond acceptors (Lipinski definition) is 5. The average molecular weight is 581 g/mol. The number of pyridine rings is 1. The van der Waals surface area contributed by atoms with Gasteiger partial charge >= 0.3 is 6.18 Å². The van der Waals surface area contributed by atoms with Crippen molar-refractivity contribution >= 4 is 11.8 Å². The summed E-state index contributed by atoms with van der Waals surface area (Å²) in [6.45, 7) is 1.33. The Bertz CT molecular complexity index is 1360. The fraction of sp³-hybridized carbons (Fsp3) is 0.406. The van der Waals surface area contributed by atoms with Crippen molar-refractivity contribution in [3.63, 3.8) is 0 Å². The van der Waals surface area contributed by atoms with Gasteiger partial charge in [-0.05, 0) is 73.4 Å². The van der Waals surface area contributed by atoms with Gasteiger partial charge in [0.1, 0.15) is 6.10 Å². The Balaban J connectivity index is 1.04. The quantitative estimate of drug-likeness (QED) is 0.355. The highest BCUT2D eigenvalue weighted by Gasteiger charge is 2.33. The lowest BCUT2D eigenvalue weighted by atomic mass is 9.81. The van der Waals surface area contributed by atoms with Crippen LogP contribution in [0.1, 0.15) is 76.7 Å². The molecule has 1 aromatic heterocycles. The predicted octanol–water partition coefficient (Wildman–Crippen LogP) is 4.83. The smallest absolute Gasteiger partial charge is 0.384 e. The van der Waals surface area contributed by atoms with Crippen molar-refractivity contribution in [3.05, 3.63) is 101 Å². The fourth-order valence-electron chi connectivity index (χ4n) is 6.07. The number of aliphatic hydroxyl groups excluding tert-OH is 1. The van der Waals surface area contributed by atoms with Crippen LogP contribution < -0.4 is 10.6 Å². The van der Waals surface area contributed by atoms with Gasteiger partial charge in [0.2, 0.25) is 5.91 Å². The van der Waals surface area contributed by atoms with Gasteiger partial charge in [-0.25, -0.2) is 0 Å². The number of alkyl halides is 3. The SMILES string of the molecule is O=C(CNC(=O)c1cccc(C(F)(F)F)c1)NC1CCN(C2CCC(c3ccc(C(O)c4cccnc4)cc3)CC2)C1. The molecule has 3 N–H and O–H groups in total. The third kappa shape index (κ3) is 7.35. The summed E-state index contributed by atoms with van der Waals surface area (Å²) in [6.07, 6.45) is 3.22. The molecule has 5 rings (SSSR count). The van der Waals surface area contributed by atoms with Gasteiger partial charge in [-0.1, -0.05) is 36.4 Å². The summed E-state index contributed by atoms with van der Waals surface area (Å²) in [5, 5.41) is 16.0. The van der Waals surface area contributed by atoms with Crippen LogP contribution in [0.15, 0.2) is 73.1 Å². The number of nitrogens with one attached hydrogen (secondary N) is 2. The van der Waals surface area contributed by atoms with Gasteiger partial charge < -0.3 is 15.7 Å². The number of aliphatic hydroxyl groups is 1. The normalized spacial score (nSPS) is 22.0. The van der Waals surface area contributed by atoms with Gasteiger partial charge in [0.05, 0.1) is 12.1 Å². The number of halogens is 3. The molecule has 222 valence electrons. The van der Waals surface area contributed by atoms with E-state index in [1.807, 2.05) is 24.3 Å². The van der Waals surface area contributed by atoms with E-state index in [0.717, 1.165) is 68.5 Å². The second-order valence-corrected chi connectivity index (χ2v) is 11.2. The molecule has 42 heavy (non-hydrogen) atoms. The molecule has 2 aliphatic rings. The molecule has 2 unspecified atom stereocenters. The van der Waals surface area contributed by atoms with Crippen molar-refractivity contribution in [2.24, 2.45) is 0 Å². The lowest BCUT2D eigenvalue weighted by Gasteiger charge is -2.35. The van der Waals surface area contributed by atoms with Crippen LogP contribution in [0.4, 0.5) is 13.2 Å². The van der Waals surface area contributed by atoms with Gasteiger partial charge in [0, 0.05) is 48.7 Å². The molecule has 3 aromatic rings. The summed E-state index contributed by atoms with van der Waals surface area (Å²) >= 11 is 0. The van der Waals surface area contributed by atoms with E-state index in [4.69, 9.17) is 0 Å². The summed E-state index contributed by atoms with van der Waals surface area (Å²) in [5.41, 5.74) is 1.86. The number of hydrogen-bond donors (Lipinski definition) is 3. The standard InChI is InChI=1S/C32H35F3N4O3/c33-32(34,35)26-5-1-3-24(17-26)31(42)37-19-29(40)38-27-14-16-39(20-27)28-12-10-22(11-13-28)21-6-8-23(9-7-21)30(41)25-4-2-15-36-18-25/h1-9,15,17-18,22,27-28,30,41H,10-14,16,19-20H2,(H,37,42)(H,38,40). The minimum absolute atomic E-state index is 0.0283. The molecule has 0 spiro atoms. The summed E-state index contributed by atoms with van der Waals surface area (Å²) in [6, 6.07) is 16.5. The first-order valence-corrected chi connectivity index (χ1v) is 14.3. The van der Waals surface area contributed by atoms with Crippen LogP contribution in [-0.4, -0.2) is 58.5 Å². The number of likely N-dealkylation sites (tertiary alicyclic amines) is 1. The monoisotopic (exact) mass is 580 g/mol. The van der Waals surface area contributed by atoms with Crippen LogP contribution in [0.2, 0.25) is 0 Å². The minimum atomic E-state index is -4.54. The van der Waals surface area contributed by atoms with E-state index in [0.29, 0.717) is 12.0 Å². The Morgan fingerprint density at radius 2 is 1.74 bits per heavy atom. The van der Waals surface area contributed by atoms with Crippen molar-refractivity contribution < 1.29 is 27.9 Å². The van der Waals surface area contributed by atoms with Crippen LogP contribution in [0.5, 0.6) is 0 Å². The maximum atomic E-state index is 12.9. The van der Waals surface area contributed by atoms with E-state index >= 15 is 0 Å². The Morgan fingerprint density at radius 1 is 0.976 bits per heavy atom. The molecule has 1 aliphatic carbocycles. The third-order valence-electron chi connectivity index (χ3n) is 8.38. The number of aromatic nitrogens is 1. The van der Waals surface area contributed by atoms with Gasteiger partial charge in [-0.15, -0.1) is 0 Å². The zero-order chi connectivity index (χ0) is 29.7. The van der Waals surface area contributed by atoms with Gasteiger partial charge in [0.25, 0.3) is 5.91 Å². The van der Waals surface area contributed by atoms with E-state index in [2.05, 4.69) is 32.7 Å². The lowest BCUT2D eigenvalue weighted by molar-refractivity contribution is -0.137. The van der Waals surface area contributed by atoms with E-state index in [1.54, 1.807) is 12.4 Å². The molecule has 1 saturated carbocycles. The first kappa shape index (κ1) is 29.7. The Hall–Kier alpha value is -3.76. The molecule has 2 aromatic carbocycles. The molecule has 7 nitrogen and oxygen atoms in total. The number of carbonyl (C=O) groups is 2. The lowest BCUT2D eigenvalue weighted by Crippen LogP contribution is -2.44. The van der Waals surface area contributed by atoms with E-state index < -0.39 is 23.8 Å². The van der Waals surface area contributed by atoms with Crippen LogP contribution in [0.25, 0.3) is 0 Å². The molecular formula is C32H35F3N4O3. The predicted molar refractivity (Wildman–Crippen MR) is 152 cm³/mol. The van der Waals surface area contributed by atoms with Crippen molar-refractivity contribution in [3.8, 4) is 0 Å². The number of nitrogens with zero attached hydrogens (tertiary/aromatic N) is 2. The number of rotatable bonds is 8. The minimum Gasteiger partial charge on any atom is -0.384 e. The van der Waals surface area contributed by atoms with Crippen LogP contribution >= 0.6 is 0 Å². The van der Waals surface area contributed by atoms with Crippen molar-refractivity contribution in [2.75, 3.05) is 19.6 Å². The first-order chi connectivity index (χ1) is 20.2. The van der Waals surface area contributed by atoms with Crippen molar-refractivity contribution in [2.45, 2.75) is 62.4 Å². The second kappa shape index (κ2) is 13.0. The maximum Gasteiger partial charge on any atom is 0.416 e. The van der Waals surface area contributed by atoms with Gasteiger partial charge in [-0.3, -0.25) is 19.5 Å². The summed E-state index contributed by atoms with van der Waals surface area (Å²) in [5.74, 6) is -0.604. The third-order valence-corrected chi connectivity index (χ3v) is 8.38. The maximum absolute atomic E-state index is 12.9. The Morgan fingerprint density at radius 3 is 2.43 bits per heavy atom. The van der Waals surface area contributed by atoms with E-state index in [1.165, 1.54) is 17.7 Å². The second-order valence-electron chi connectivity index (χ2n) is 11.2. The molecule has 2 fully saturated rings. The highest BCUT2D eigenvalue weighted by atomic mass is 19.4. The molecule has 2 atom stereocenters. The Kier molecular flexibility index (Phi) is 9.23. The summed E-state index contributed by atoms with van der Waals surface area (Å²) in [4.78, 5) is 31.2. The molecular weight excluding hydrogens is 545 g/mol. The average Bonchev–Trinajstić information content (AvgIpc) is 3.48. The van der Waals surface area contributed by atoms with E-state index in [9.17, 15) is 27.9 Å². The fourth-order valence-corrected chi connectivity index (χ4v) is 6.07. The molecule has 10 heteroatoms. The highest BCUT2D eigenvalue weighted by molar-refractivity contribution is 5.96. The highest BCUT2D eigenvalue weighted by Crippen LogP contribution is 2.36. The molecule has 0 bridgehead atoms. The summed E-state index contributed by atoms with van der Waals surface area (Å²) < 4.78 is 38.7. The summed E-state index contributed by atoms with van der Waals surface area (Å²) in [7, 11) is 0. The van der Waals surface area contributed by atoms with Gasteiger partial charge in [0.15, 0.2) is 0 Å². The van der Waals surface area contributed by atoms with Crippen LogP contribution in [0, 0.1) is 0 Å². The molecule has 2 amide bonds. The molecule has 1 saturated heterocycles. The van der Waals surface area contributed by atoms with Crippen LogP contribution in [-0.2, 0) is 11.0 Å².